The molecule has 0 atom stereocenters. The number of hydrogen-bond acceptors (Lipinski definition) is 7. The van der Waals surface area contributed by atoms with Crippen LogP contribution >= 0.6 is 0 Å². The lowest BCUT2D eigenvalue weighted by atomic mass is 10.2. The Morgan fingerprint density at radius 1 is 1.22 bits per heavy atom. The maximum absolute atomic E-state index is 13.0. The van der Waals surface area contributed by atoms with Crippen molar-refractivity contribution in [3.8, 4) is 0 Å². The highest BCUT2D eigenvalue weighted by molar-refractivity contribution is 7.89. The summed E-state index contributed by atoms with van der Waals surface area (Å²) in [7, 11) is -3.63. The number of nitro benzene ring substituents is 1. The lowest BCUT2D eigenvalue weighted by Crippen LogP contribution is -2.36. The first-order valence-electron chi connectivity index (χ1n) is 10.1. The topological polar surface area (TPSA) is 131 Å². The molecule has 170 valence electrons. The van der Waals surface area contributed by atoms with Crippen LogP contribution in [0.15, 0.2) is 52.5 Å². The molecule has 2 aromatic carbocycles. The van der Waals surface area contributed by atoms with Gasteiger partial charge in [0.2, 0.25) is 10.0 Å². The number of carbonyl (C=O) groups excluding carboxylic acids is 1. The highest BCUT2D eigenvalue weighted by atomic mass is 32.2. The third-order valence-electron chi connectivity index (χ3n) is 4.96. The molecular formula is C21H24N4O6S. The first-order valence-corrected chi connectivity index (χ1v) is 11.5. The Morgan fingerprint density at radius 3 is 2.69 bits per heavy atom. The molecule has 3 rings (SSSR count). The van der Waals surface area contributed by atoms with Crippen LogP contribution in [-0.2, 0) is 19.7 Å². The number of hydrogen-bond donors (Lipinski definition) is 1. The smallest absolute Gasteiger partial charge is 0.270 e. The molecule has 11 heteroatoms. The summed E-state index contributed by atoms with van der Waals surface area (Å²) in [5.41, 5.74) is 1.31. The number of amides is 1. The van der Waals surface area contributed by atoms with Gasteiger partial charge in [-0.05, 0) is 37.5 Å². The molecule has 10 nitrogen and oxygen atoms in total. The number of anilines is 1. The van der Waals surface area contributed by atoms with Gasteiger partial charge in [0.25, 0.3) is 11.6 Å². The summed E-state index contributed by atoms with van der Waals surface area (Å²) in [5.74, 6) is -0.522. The van der Waals surface area contributed by atoms with Gasteiger partial charge in [-0.3, -0.25) is 14.9 Å². The number of nitro groups is 1. The van der Waals surface area contributed by atoms with Crippen LogP contribution < -0.4 is 5.32 Å². The summed E-state index contributed by atoms with van der Waals surface area (Å²) in [6.07, 6.45) is 3.95. The Kier molecular flexibility index (Phi) is 7.54. The van der Waals surface area contributed by atoms with E-state index in [1.54, 1.807) is 25.1 Å². The molecule has 0 bridgehead atoms. The molecule has 0 saturated carbocycles. The number of benzene rings is 2. The van der Waals surface area contributed by atoms with Crippen molar-refractivity contribution in [1.29, 1.82) is 0 Å². The number of rotatable bonds is 8. The molecule has 2 aromatic rings. The molecular weight excluding hydrogens is 436 g/mol. The lowest BCUT2D eigenvalue weighted by molar-refractivity contribution is -0.384. The Hall–Kier alpha value is -3.31. The van der Waals surface area contributed by atoms with Crippen LogP contribution in [0.4, 0.5) is 11.4 Å². The number of carbonyl (C=O) groups is 1. The zero-order valence-electron chi connectivity index (χ0n) is 17.6. The largest absolute Gasteiger partial charge is 0.386 e. The van der Waals surface area contributed by atoms with E-state index >= 15 is 0 Å². The van der Waals surface area contributed by atoms with E-state index in [-0.39, 0.29) is 10.6 Å². The molecule has 1 N–H and O–H groups in total. The van der Waals surface area contributed by atoms with E-state index in [1.165, 1.54) is 34.8 Å². The van der Waals surface area contributed by atoms with Gasteiger partial charge in [-0.25, -0.2) is 8.42 Å². The van der Waals surface area contributed by atoms with Gasteiger partial charge in [0.1, 0.15) is 0 Å². The minimum atomic E-state index is -3.63. The van der Waals surface area contributed by atoms with Crippen molar-refractivity contribution in [2.75, 3.05) is 25.0 Å². The van der Waals surface area contributed by atoms with Crippen LogP contribution in [0.3, 0.4) is 0 Å². The highest BCUT2D eigenvalue weighted by Gasteiger charge is 2.27. The molecule has 0 radical (unpaired) electrons. The highest BCUT2D eigenvalue weighted by Crippen LogP contribution is 2.26. The van der Waals surface area contributed by atoms with Crippen molar-refractivity contribution < 1.29 is 23.0 Å². The van der Waals surface area contributed by atoms with Crippen LogP contribution in [-0.4, -0.2) is 49.5 Å². The van der Waals surface area contributed by atoms with E-state index in [0.717, 1.165) is 19.3 Å². The first-order chi connectivity index (χ1) is 15.3. The number of non-ortho nitro benzene ring substituents is 1. The minimum absolute atomic E-state index is 0.0821. The fourth-order valence-electron chi connectivity index (χ4n) is 3.31. The normalized spacial score (nSPS) is 14.9. The number of oxime groups is 1. The molecule has 0 unspecified atom stereocenters. The lowest BCUT2D eigenvalue weighted by Gasteiger charge is -2.26. The van der Waals surface area contributed by atoms with Gasteiger partial charge < -0.3 is 10.2 Å². The predicted molar refractivity (Wildman–Crippen MR) is 119 cm³/mol. The molecule has 32 heavy (non-hydrogen) atoms. The molecule has 0 aliphatic carbocycles. The molecule has 1 aliphatic heterocycles. The Morgan fingerprint density at radius 2 is 1.97 bits per heavy atom. The second kappa shape index (κ2) is 10.3. The van der Waals surface area contributed by atoms with Gasteiger partial charge in [-0.2, -0.15) is 4.31 Å². The summed E-state index contributed by atoms with van der Waals surface area (Å²) in [6, 6.07) is 10.5. The third kappa shape index (κ3) is 5.89. The average Bonchev–Trinajstić information content (AvgIpc) is 2.78. The van der Waals surface area contributed by atoms with E-state index in [0.29, 0.717) is 29.9 Å². The predicted octanol–water partition coefficient (Wildman–Crippen LogP) is 3.07. The van der Waals surface area contributed by atoms with Gasteiger partial charge in [0, 0.05) is 36.5 Å². The van der Waals surface area contributed by atoms with Crippen molar-refractivity contribution in [1.82, 2.24) is 4.31 Å². The SMILES string of the molecule is Cc1ccc(NC(=O)CO/N=C/c2cccc([N+](=O)[O-])c2)cc1S(=O)(=O)N1CCCCC1. The summed E-state index contributed by atoms with van der Waals surface area (Å²) < 4.78 is 27.5. The summed E-state index contributed by atoms with van der Waals surface area (Å²) >= 11 is 0. The Bertz CT molecular complexity index is 1130. The number of aryl methyl sites for hydroxylation is 1. The zero-order valence-corrected chi connectivity index (χ0v) is 18.4. The van der Waals surface area contributed by atoms with E-state index in [2.05, 4.69) is 10.5 Å². The molecule has 1 saturated heterocycles. The molecule has 0 spiro atoms. The average molecular weight is 461 g/mol. The molecule has 1 fully saturated rings. The first kappa shape index (κ1) is 23.4. The number of piperidine rings is 1. The maximum Gasteiger partial charge on any atom is 0.270 e. The van der Waals surface area contributed by atoms with Crippen molar-refractivity contribution in [3.63, 3.8) is 0 Å². The maximum atomic E-state index is 13.0. The standard InChI is InChI=1S/C21H24N4O6S/c1-16-8-9-18(13-20(16)32(29,30)24-10-3-2-4-11-24)23-21(26)15-31-22-14-17-6-5-7-19(12-17)25(27)28/h5-9,12-14H,2-4,10-11,15H2,1H3,(H,23,26)/b22-14+. The Labute approximate surface area is 186 Å². The van der Waals surface area contributed by atoms with Gasteiger partial charge in [0.15, 0.2) is 6.61 Å². The van der Waals surface area contributed by atoms with Crippen molar-refractivity contribution in [3.05, 3.63) is 63.7 Å². The number of nitrogens with zero attached hydrogens (tertiary/aromatic N) is 3. The van der Waals surface area contributed by atoms with Crippen LogP contribution in [0.25, 0.3) is 0 Å². The monoisotopic (exact) mass is 460 g/mol. The third-order valence-corrected chi connectivity index (χ3v) is 7.00. The van der Waals surface area contributed by atoms with Crippen molar-refractivity contribution in [2.45, 2.75) is 31.1 Å². The number of sulfonamides is 1. The van der Waals surface area contributed by atoms with E-state index < -0.39 is 27.5 Å². The fraction of sp³-hybridized carbons (Fsp3) is 0.333. The van der Waals surface area contributed by atoms with E-state index in [4.69, 9.17) is 4.84 Å². The second-order valence-corrected chi connectivity index (χ2v) is 9.26. The van der Waals surface area contributed by atoms with Crippen molar-refractivity contribution in [2.24, 2.45) is 5.16 Å². The minimum Gasteiger partial charge on any atom is -0.386 e. The van der Waals surface area contributed by atoms with Gasteiger partial charge in [0.05, 0.1) is 16.0 Å². The van der Waals surface area contributed by atoms with Gasteiger partial charge in [-0.1, -0.05) is 29.8 Å². The van der Waals surface area contributed by atoms with Crippen LogP contribution in [0.2, 0.25) is 0 Å². The second-order valence-electron chi connectivity index (χ2n) is 7.35. The van der Waals surface area contributed by atoms with E-state index in [9.17, 15) is 23.3 Å². The summed E-state index contributed by atoms with van der Waals surface area (Å²) in [6.45, 7) is 2.30. The molecule has 1 heterocycles. The van der Waals surface area contributed by atoms with E-state index in [1.807, 2.05) is 0 Å². The zero-order chi connectivity index (χ0) is 23.1. The molecule has 0 aromatic heterocycles. The van der Waals surface area contributed by atoms with Crippen LogP contribution in [0, 0.1) is 17.0 Å². The quantitative estimate of drug-likeness (QED) is 0.366. The van der Waals surface area contributed by atoms with Crippen LogP contribution in [0.1, 0.15) is 30.4 Å². The fourth-order valence-corrected chi connectivity index (χ4v) is 5.08. The number of nitrogens with one attached hydrogen (secondary N) is 1. The van der Waals surface area contributed by atoms with Gasteiger partial charge in [-0.15, -0.1) is 0 Å². The summed E-state index contributed by atoms with van der Waals surface area (Å²) in [4.78, 5) is 27.5. The summed E-state index contributed by atoms with van der Waals surface area (Å²) in [5, 5.41) is 17.0. The molecule has 1 amide bonds. The van der Waals surface area contributed by atoms with Crippen LogP contribution in [0.5, 0.6) is 0 Å². The van der Waals surface area contributed by atoms with Gasteiger partial charge >= 0.3 is 0 Å². The Balaban J connectivity index is 1.60. The molecule has 1 aliphatic rings. The van der Waals surface area contributed by atoms with Crippen molar-refractivity contribution >= 4 is 33.5 Å².